The highest BCUT2D eigenvalue weighted by Crippen LogP contribution is 2.27. The third kappa shape index (κ3) is 4.86. The van der Waals surface area contributed by atoms with Crippen LogP contribution >= 0.6 is 24.0 Å². The van der Waals surface area contributed by atoms with E-state index < -0.39 is 0 Å². The Bertz CT molecular complexity index is 848. The van der Waals surface area contributed by atoms with Crippen LogP contribution in [0.3, 0.4) is 0 Å². The van der Waals surface area contributed by atoms with Crippen LogP contribution < -0.4 is 14.8 Å². The summed E-state index contributed by atoms with van der Waals surface area (Å²) in [4.78, 5) is 12.3. The number of hydrogen-bond donors (Lipinski definition) is 1. The van der Waals surface area contributed by atoms with Crippen molar-refractivity contribution in [2.75, 3.05) is 13.2 Å². The van der Waals surface area contributed by atoms with Crippen LogP contribution in [0.1, 0.15) is 18.1 Å². The molecule has 6 heteroatoms. The molecule has 0 unspecified atom stereocenters. The van der Waals surface area contributed by atoms with Crippen molar-refractivity contribution in [3.05, 3.63) is 64.6 Å². The molecule has 1 heterocycles. The van der Waals surface area contributed by atoms with Crippen LogP contribution in [-0.2, 0) is 11.2 Å². The number of amides is 1. The molecule has 0 saturated carbocycles. The van der Waals surface area contributed by atoms with Gasteiger partial charge in [-0.2, -0.15) is 0 Å². The summed E-state index contributed by atoms with van der Waals surface area (Å²) >= 11 is 6.26. The Hall–Kier alpha value is -2.31. The van der Waals surface area contributed by atoms with E-state index in [1.165, 1.54) is 17.3 Å². The molecule has 26 heavy (non-hydrogen) atoms. The van der Waals surface area contributed by atoms with Crippen LogP contribution in [0.5, 0.6) is 11.5 Å². The molecule has 0 bridgehead atoms. The van der Waals surface area contributed by atoms with Gasteiger partial charge in [-0.05, 0) is 41.8 Å². The van der Waals surface area contributed by atoms with Crippen LogP contribution in [-0.4, -0.2) is 23.4 Å². The van der Waals surface area contributed by atoms with Crippen molar-refractivity contribution in [3.63, 3.8) is 0 Å². The number of para-hydroxylation sites is 1. The van der Waals surface area contributed by atoms with Crippen molar-refractivity contribution in [1.82, 2.24) is 5.32 Å². The predicted molar refractivity (Wildman–Crippen MR) is 110 cm³/mol. The molecule has 0 radical (unpaired) electrons. The van der Waals surface area contributed by atoms with E-state index in [1.807, 2.05) is 42.5 Å². The van der Waals surface area contributed by atoms with E-state index in [9.17, 15) is 4.79 Å². The highest BCUT2D eigenvalue weighted by atomic mass is 32.2. The van der Waals surface area contributed by atoms with Gasteiger partial charge in [-0.25, -0.2) is 0 Å². The highest BCUT2D eigenvalue weighted by molar-refractivity contribution is 8.26. The fraction of sp³-hybridized carbons (Fsp3) is 0.200. The number of benzene rings is 2. The molecule has 2 aromatic carbocycles. The Morgan fingerprint density at radius 1 is 1.12 bits per heavy atom. The maximum atomic E-state index is 11.7. The summed E-state index contributed by atoms with van der Waals surface area (Å²) in [5.74, 6) is 1.48. The van der Waals surface area contributed by atoms with Crippen molar-refractivity contribution < 1.29 is 14.3 Å². The van der Waals surface area contributed by atoms with Crippen molar-refractivity contribution in [2.45, 2.75) is 13.3 Å². The summed E-state index contributed by atoms with van der Waals surface area (Å²) in [7, 11) is 0. The molecule has 1 amide bonds. The molecule has 0 atom stereocenters. The standard InChI is InChI=1S/C20H19NO3S2/c1-2-15-7-3-4-9-17(15)24-11-10-23-16-8-5-6-14(12-16)13-18-19(22)21-20(25)26-18/h3-9,12-13H,2,10-11H2,1H3,(H,21,22,25)/b18-13-. The van der Waals surface area contributed by atoms with E-state index in [1.54, 1.807) is 6.08 Å². The number of ether oxygens (including phenoxy) is 2. The summed E-state index contributed by atoms with van der Waals surface area (Å²) in [5, 5.41) is 2.61. The number of nitrogens with one attached hydrogen (secondary N) is 1. The molecule has 134 valence electrons. The Balaban J connectivity index is 1.55. The van der Waals surface area contributed by atoms with Crippen molar-refractivity contribution >= 4 is 40.3 Å². The number of carbonyl (C=O) groups excluding carboxylic acids is 1. The number of thioether (sulfide) groups is 1. The lowest BCUT2D eigenvalue weighted by atomic mass is 10.1. The summed E-state index contributed by atoms with van der Waals surface area (Å²) in [6.45, 7) is 3.01. The van der Waals surface area contributed by atoms with E-state index in [4.69, 9.17) is 21.7 Å². The van der Waals surface area contributed by atoms with Gasteiger partial charge in [0.15, 0.2) is 0 Å². The quantitative estimate of drug-likeness (QED) is 0.440. The van der Waals surface area contributed by atoms with Crippen LogP contribution in [0.4, 0.5) is 0 Å². The minimum atomic E-state index is -0.158. The van der Waals surface area contributed by atoms with E-state index in [-0.39, 0.29) is 5.91 Å². The molecular formula is C20H19NO3S2. The zero-order valence-electron chi connectivity index (χ0n) is 14.4. The second kappa shape index (κ2) is 8.87. The molecule has 0 aromatic heterocycles. The second-order valence-corrected chi connectivity index (χ2v) is 7.30. The normalized spacial score (nSPS) is 15.2. The van der Waals surface area contributed by atoms with Gasteiger partial charge in [0.1, 0.15) is 29.0 Å². The van der Waals surface area contributed by atoms with Crippen LogP contribution in [0, 0.1) is 0 Å². The number of hydrogen-bond acceptors (Lipinski definition) is 5. The predicted octanol–water partition coefficient (Wildman–Crippen LogP) is 4.20. The molecule has 1 N–H and O–H groups in total. The van der Waals surface area contributed by atoms with Crippen LogP contribution in [0.2, 0.25) is 0 Å². The van der Waals surface area contributed by atoms with Crippen molar-refractivity contribution in [2.24, 2.45) is 0 Å². The fourth-order valence-electron chi connectivity index (χ4n) is 2.51. The Labute approximate surface area is 162 Å². The molecule has 0 aliphatic carbocycles. The van der Waals surface area contributed by atoms with Crippen molar-refractivity contribution in [1.29, 1.82) is 0 Å². The monoisotopic (exact) mass is 385 g/mol. The van der Waals surface area contributed by atoms with Crippen LogP contribution in [0.25, 0.3) is 6.08 Å². The smallest absolute Gasteiger partial charge is 0.263 e. The third-order valence-electron chi connectivity index (χ3n) is 3.76. The Kier molecular flexibility index (Phi) is 6.30. The SMILES string of the molecule is CCc1ccccc1OCCOc1cccc(/C=C2\SC(=S)NC2=O)c1. The van der Waals surface area contributed by atoms with Gasteiger partial charge in [0.05, 0.1) is 4.91 Å². The molecule has 0 spiro atoms. The number of aryl methyl sites for hydroxylation is 1. The van der Waals surface area contributed by atoms with Gasteiger partial charge < -0.3 is 14.8 Å². The minimum Gasteiger partial charge on any atom is -0.490 e. The maximum absolute atomic E-state index is 11.7. The zero-order chi connectivity index (χ0) is 18.4. The number of thiocarbonyl (C=S) groups is 1. The third-order valence-corrected chi connectivity index (χ3v) is 4.92. The molecule has 1 aliphatic rings. The second-order valence-electron chi connectivity index (χ2n) is 5.58. The van der Waals surface area contributed by atoms with E-state index in [0.717, 1.165) is 23.5 Å². The first-order valence-electron chi connectivity index (χ1n) is 8.34. The summed E-state index contributed by atoms with van der Waals surface area (Å²) < 4.78 is 12.1. The average Bonchev–Trinajstić information content (AvgIpc) is 2.96. The van der Waals surface area contributed by atoms with Crippen LogP contribution in [0.15, 0.2) is 53.4 Å². The highest BCUT2D eigenvalue weighted by Gasteiger charge is 2.21. The molecule has 1 saturated heterocycles. The topological polar surface area (TPSA) is 47.6 Å². The zero-order valence-corrected chi connectivity index (χ0v) is 16.0. The van der Waals surface area contributed by atoms with Gasteiger partial charge in [0.25, 0.3) is 5.91 Å². The molecule has 2 aromatic rings. The first kappa shape index (κ1) is 18.5. The summed E-state index contributed by atoms with van der Waals surface area (Å²) in [6, 6.07) is 15.6. The lowest BCUT2D eigenvalue weighted by Crippen LogP contribution is -2.17. The Morgan fingerprint density at radius 2 is 1.92 bits per heavy atom. The van der Waals surface area contributed by atoms with Gasteiger partial charge in [0.2, 0.25) is 0 Å². The number of rotatable bonds is 7. The maximum Gasteiger partial charge on any atom is 0.263 e. The summed E-state index contributed by atoms with van der Waals surface area (Å²) in [5.41, 5.74) is 2.08. The molecular weight excluding hydrogens is 366 g/mol. The Morgan fingerprint density at radius 3 is 2.69 bits per heavy atom. The first-order valence-corrected chi connectivity index (χ1v) is 9.56. The number of carbonyl (C=O) groups is 1. The largest absolute Gasteiger partial charge is 0.490 e. The van der Waals surface area contributed by atoms with Gasteiger partial charge in [-0.1, -0.05) is 61.2 Å². The lowest BCUT2D eigenvalue weighted by molar-refractivity contribution is -0.115. The first-order chi connectivity index (χ1) is 12.7. The fourth-order valence-corrected chi connectivity index (χ4v) is 3.56. The van der Waals surface area contributed by atoms with Gasteiger partial charge >= 0.3 is 0 Å². The molecule has 3 rings (SSSR count). The van der Waals surface area contributed by atoms with Crippen molar-refractivity contribution in [3.8, 4) is 11.5 Å². The van der Waals surface area contributed by atoms with Gasteiger partial charge in [0, 0.05) is 0 Å². The van der Waals surface area contributed by atoms with Gasteiger partial charge in [-0.3, -0.25) is 4.79 Å². The van der Waals surface area contributed by atoms with E-state index in [0.29, 0.717) is 22.4 Å². The van der Waals surface area contributed by atoms with E-state index in [2.05, 4.69) is 18.3 Å². The molecule has 1 aliphatic heterocycles. The molecule has 1 fully saturated rings. The minimum absolute atomic E-state index is 0.158. The van der Waals surface area contributed by atoms with Gasteiger partial charge in [-0.15, -0.1) is 0 Å². The van der Waals surface area contributed by atoms with E-state index >= 15 is 0 Å². The summed E-state index contributed by atoms with van der Waals surface area (Å²) in [6.07, 6.45) is 2.74. The lowest BCUT2D eigenvalue weighted by Gasteiger charge is -2.11. The molecule has 4 nitrogen and oxygen atoms in total. The average molecular weight is 386 g/mol.